The number of nitrogens with zero attached hydrogens (tertiary/aromatic N) is 1. The van der Waals surface area contributed by atoms with E-state index in [0.29, 0.717) is 18.6 Å². The van der Waals surface area contributed by atoms with Crippen LogP contribution in [0.25, 0.3) is 0 Å². The van der Waals surface area contributed by atoms with E-state index in [9.17, 15) is 4.79 Å². The van der Waals surface area contributed by atoms with Gasteiger partial charge in [0.15, 0.2) is 0 Å². The van der Waals surface area contributed by atoms with Crippen molar-refractivity contribution in [1.82, 2.24) is 15.5 Å². The molecule has 122 valence electrons. The van der Waals surface area contributed by atoms with Crippen LogP contribution in [-0.2, 0) is 4.79 Å². The minimum Gasteiger partial charge on any atom is -0.352 e. The molecule has 0 radical (unpaired) electrons. The molecule has 0 spiro atoms. The van der Waals surface area contributed by atoms with Crippen molar-refractivity contribution in [3.8, 4) is 0 Å². The summed E-state index contributed by atoms with van der Waals surface area (Å²) in [5, 5.41) is 6.81. The first kappa shape index (κ1) is 16.8. The minimum atomic E-state index is 0.148. The minimum absolute atomic E-state index is 0.148. The third-order valence-electron chi connectivity index (χ3n) is 4.68. The lowest BCUT2D eigenvalue weighted by atomic mass is 10.0. The third kappa shape index (κ3) is 5.95. The van der Waals surface area contributed by atoms with E-state index < -0.39 is 0 Å². The van der Waals surface area contributed by atoms with Gasteiger partial charge in [-0.25, -0.2) is 0 Å². The smallest absolute Gasteiger partial charge is 0.234 e. The highest BCUT2D eigenvalue weighted by atomic mass is 16.2. The first-order valence-corrected chi connectivity index (χ1v) is 8.72. The van der Waals surface area contributed by atoms with Crippen molar-refractivity contribution in [2.24, 2.45) is 0 Å². The van der Waals surface area contributed by atoms with Crippen molar-refractivity contribution in [3.05, 3.63) is 0 Å². The molecule has 2 N–H and O–H groups in total. The third-order valence-corrected chi connectivity index (χ3v) is 4.68. The van der Waals surface area contributed by atoms with Crippen molar-refractivity contribution in [3.63, 3.8) is 0 Å². The van der Waals surface area contributed by atoms with Gasteiger partial charge in [-0.05, 0) is 53.0 Å². The summed E-state index contributed by atoms with van der Waals surface area (Å²) in [6.45, 7) is 9.23. The topological polar surface area (TPSA) is 44.4 Å². The number of likely N-dealkylation sites (tertiary alicyclic amines) is 1. The average Bonchev–Trinajstić information content (AvgIpc) is 2.89. The van der Waals surface area contributed by atoms with Gasteiger partial charge in [-0.3, -0.25) is 9.69 Å². The van der Waals surface area contributed by atoms with E-state index in [-0.39, 0.29) is 11.4 Å². The van der Waals surface area contributed by atoms with Gasteiger partial charge in [-0.1, -0.05) is 19.3 Å². The van der Waals surface area contributed by atoms with E-state index in [2.05, 4.69) is 36.3 Å². The number of carbonyl (C=O) groups excluding carboxylic acids is 1. The fourth-order valence-corrected chi connectivity index (χ4v) is 3.45. The molecule has 2 aliphatic rings. The molecule has 2 rings (SSSR count). The number of nitrogens with one attached hydrogen (secondary N) is 2. The van der Waals surface area contributed by atoms with Gasteiger partial charge in [0, 0.05) is 24.2 Å². The molecule has 1 aliphatic heterocycles. The van der Waals surface area contributed by atoms with Gasteiger partial charge >= 0.3 is 0 Å². The van der Waals surface area contributed by atoms with Gasteiger partial charge in [0.2, 0.25) is 5.91 Å². The highest BCUT2D eigenvalue weighted by Crippen LogP contribution is 2.19. The molecule has 1 saturated carbocycles. The van der Waals surface area contributed by atoms with Crippen molar-refractivity contribution < 1.29 is 4.79 Å². The molecule has 0 bridgehead atoms. The molecule has 0 aromatic carbocycles. The molecule has 4 nitrogen and oxygen atoms in total. The van der Waals surface area contributed by atoms with E-state index in [1.54, 1.807) is 0 Å². The van der Waals surface area contributed by atoms with Crippen LogP contribution >= 0.6 is 0 Å². The molecule has 21 heavy (non-hydrogen) atoms. The van der Waals surface area contributed by atoms with Crippen LogP contribution in [0.3, 0.4) is 0 Å². The summed E-state index contributed by atoms with van der Waals surface area (Å²) < 4.78 is 0. The maximum atomic E-state index is 12.2. The van der Waals surface area contributed by atoms with E-state index in [1.807, 2.05) is 0 Å². The Bertz CT molecular complexity index is 331. The zero-order valence-electron chi connectivity index (χ0n) is 14.1. The molecule has 4 heteroatoms. The van der Waals surface area contributed by atoms with Crippen molar-refractivity contribution in [2.75, 3.05) is 19.6 Å². The monoisotopic (exact) mass is 295 g/mol. The number of amides is 1. The van der Waals surface area contributed by atoms with E-state index in [0.717, 1.165) is 13.1 Å². The van der Waals surface area contributed by atoms with Crippen LogP contribution in [0.15, 0.2) is 0 Å². The molecule has 2 fully saturated rings. The van der Waals surface area contributed by atoms with Crippen LogP contribution in [0, 0.1) is 0 Å². The van der Waals surface area contributed by atoms with Gasteiger partial charge < -0.3 is 10.6 Å². The molecule has 1 unspecified atom stereocenters. The quantitative estimate of drug-likeness (QED) is 0.818. The molecule has 1 heterocycles. The SMILES string of the molecule is CC(C)(C)NCC1CCCCN1CC(=O)NC1CCCC1. The van der Waals surface area contributed by atoms with Gasteiger partial charge in [0.05, 0.1) is 6.54 Å². The fourth-order valence-electron chi connectivity index (χ4n) is 3.45. The Kier molecular flexibility index (Phi) is 6.06. The number of hydrogen-bond donors (Lipinski definition) is 2. The second-order valence-electron chi connectivity index (χ2n) is 7.80. The van der Waals surface area contributed by atoms with Gasteiger partial charge in [0.25, 0.3) is 0 Å². The van der Waals surface area contributed by atoms with Crippen molar-refractivity contribution in [2.45, 2.75) is 83.3 Å². The summed E-state index contributed by atoms with van der Waals surface area (Å²) in [5.74, 6) is 0.226. The Morgan fingerprint density at radius 1 is 1.10 bits per heavy atom. The Morgan fingerprint density at radius 3 is 2.43 bits per heavy atom. The molecule has 1 aliphatic carbocycles. The summed E-state index contributed by atoms with van der Waals surface area (Å²) in [4.78, 5) is 14.6. The molecule has 1 atom stereocenters. The average molecular weight is 295 g/mol. The summed E-state index contributed by atoms with van der Waals surface area (Å²) in [6.07, 6.45) is 8.60. The number of carbonyl (C=O) groups is 1. The lowest BCUT2D eigenvalue weighted by molar-refractivity contribution is -0.123. The maximum absolute atomic E-state index is 12.2. The zero-order valence-corrected chi connectivity index (χ0v) is 14.1. The summed E-state index contributed by atoms with van der Waals surface area (Å²) in [7, 11) is 0. The fraction of sp³-hybridized carbons (Fsp3) is 0.941. The maximum Gasteiger partial charge on any atom is 0.234 e. The second-order valence-corrected chi connectivity index (χ2v) is 7.80. The Hall–Kier alpha value is -0.610. The molecule has 1 amide bonds. The van der Waals surface area contributed by atoms with E-state index in [4.69, 9.17) is 0 Å². The summed E-state index contributed by atoms with van der Waals surface area (Å²) in [5.41, 5.74) is 0.148. The normalized spacial score (nSPS) is 25.2. The first-order chi connectivity index (χ1) is 9.94. The Labute approximate surface area is 130 Å². The zero-order chi connectivity index (χ0) is 15.3. The van der Waals surface area contributed by atoms with Crippen LogP contribution in [-0.4, -0.2) is 48.1 Å². The summed E-state index contributed by atoms with van der Waals surface area (Å²) in [6, 6.07) is 0.945. The van der Waals surface area contributed by atoms with Crippen LogP contribution in [0.2, 0.25) is 0 Å². The Morgan fingerprint density at radius 2 is 1.76 bits per heavy atom. The summed E-state index contributed by atoms with van der Waals surface area (Å²) >= 11 is 0. The molecule has 0 aromatic rings. The van der Waals surface area contributed by atoms with Crippen molar-refractivity contribution in [1.29, 1.82) is 0 Å². The molecule has 1 saturated heterocycles. The highest BCUT2D eigenvalue weighted by Gasteiger charge is 2.26. The van der Waals surface area contributed by atoms with Crippen molar-refractivity contribution >= 4 is 5.91 Å². The lowest BCUT2D eigenvalue weighted by Gasteiger charge is -2.37. The van der Waals surface area contributed by atoms with Crippen LogP contribution in [0.1, 0.15) is 65.7 Å². The number of rotatable bonds is 5. The standard InChI is InChI=1S/C17H33N3O/c1-17(2,3)18-12-15-10-6-7-11-20(15)13-16(21)19-14-8-4-5-9-14/h14-15,18H,4-13H2,1-3H3,(H,19,21). The lowest BCUT2D eigenvalue weighted by Crippen LogP contribution is -2.52. The van der Waals surface area contributed by atoms with E-state index >= 15 is 0 Å². The molecular weight excluding hydrogens is 262 g/mol. The van der Waals surface area contributed by atoms with E-state index in [1.165, 1.54) is 44.9 Å². The van der Waals surface area contributed by atoms with Crippen LogP contribution < -0.4 is 10.6 Å². The van der Waals surface area contributed by atoms with Gasteiger partial charge in [0.1, 0.15) is 0 Å². The Balaban J connectivity index is 1.78. The van der Waals surface area contributed by atoms with Crippen LogP contribution in [0.5, 0.6) is 0 Å². The number of piperidine rings is 1. The van der Waals surface area contributed by atoms with Gasteiger partial charge in [-0.15, -0.1) is 0 Å². The highest BCUT2D eigenvalue weighted by molar-refractivity contribution is 5.78. The predicted octanol–water partition coefficient (Wildman–Crippen LogP) is 2.29. The molecular formula is C17H33N3O. The second kappa shape index (κ2) is 7.59. The van der Waals surface area contributed by atoms with Crippen LogP contribution in [0.4, 0.5) is 0 Å². The number of hydrogen-bond acceptors (Lipinski definition) is 3. The molecule has 0 aromatic heterocycles. The van der Waals surface area contributed by atoms with Gasteiger partial charge in [-0.2, -0.15) is 0 Å². The predicted molar refractivity (Wildman–Crippen MR) is 87.4 cm³/mol. The first-order valence-electron chi connectivity index (χ1n) is 8.72. The largest absolute Gasteiger partial charge is 0.352 e.